The van der Waals surface area contributed by atoms with Crippen LogP contribution >= 0.6 is 11.3 Å². The average molecular weight is 733 g/mol. The molecular weight excluding hydrogens is 701 g/mol. The van der Waals surface area contributed by atoms with Crippen molar-refractivity contribution in [2.75, 3.05) is 0 Å². The Hall–Kier alpha value is -7.21. The monoisotopic (exact) mass is 732 g/mol. The zero-order valence-corrected chi connectivity index (χ0v) is 31.0. The van der Waals surface area contributed by atoms with Crippen LogP contribution in [-0.2, 0) is 0 Å². The van der Waals surface area contributed by atoms with Gasteiger partial charge in [-0.2, -0.15) is 0 Å². The predicted molar refractivity (Wildman–Crippen MR) is 234 cm³/mol. The van der Waals surface area contributed by atoms with E-state index in [4.69, 9.17) is 15.0 Å². The SMILES string of the molecule is c1ccc(-c2ccc(-c3nc(-c4cc(-c5ccccc5)cc(-n5c6ccccc6c6ccccc65)c4)nc(-c4ccc5c(c4)sc4ccccc45)n3)cc2)cc1. The Labute approximate surface area is 327 Å². The zero-order chi connectivity index (χ0) is 37.0. The molecular formula is C51H32N4S. The summed E-state index contributed by atoms with van der Waals surface area (Å²) in [5.74, 6) is 1.89. The first kappa shape index (κ1) is 32.2. The molecule has 0 N–H and O–H groups in total. The number of benzene rings is 8. The molecule has 3 heterocycles. The largest absolute Gasteiger partial charge is 0.309 e. The van der Waals surface area contributed by atoms with E-state index in [0.29, 0.717) is 17.5 Å². The third-order valence-corrected chi connectivity index (χ3v) is 11.8. The van der Waals surface area contributed by atoms with E-state index in [1.54, 1.807) is 11.3 Å². The van der Waals surface area contributed by atoms with Crippen LogP contribution < -0.4 is 0 Å². The summed E-state index contributed by atoms with van der Waals surface area (Å²) in [5.41, 5.74) is 10.7. The number of rotatable bonds is 6. The van der Waals surface area contributed by atoms with Gasteiger partial charge in [0.25, 0.3) is 0 Å². The number of fused-ring (bicyclic) bond motifs is 6. The minimum absolute atomic E-state index is 0.619. The Morgan fingerprint density at radius 2 is 0.768 bits per heavy atom. The molecule has 11 aromatic rings. The van der Waals surface area contributed by atoms with Crippen LogP contribution in [0, 0.1) is 0 Å². The summed E-state index contributed by atoms with van der Waals surface area (Å²) < 4.78 is 4.84. The number of hydrogen-bond acceptors (Lipinski definition) is 4. The lowest BCUT2D eigenvalue weighted by atomic mass is 10.0. The van der Waals surface area contributed by atoms with E-state index < -0.39 is 0 Å². The van der Waals surface area contributed by atoms with Crippen LogP contribution in [-0.4, -0.2) is 19.5 Å². The lowest BCUT2D eigenvalue weighted by Gasteiger charge is -2.14. The van der Waals surface area contributed by atoms with Crippen LogP contribution in [0.5, 0.6) is 0 Å². The molecule has 5 heteroatoms. The van der Waals surface area contributed by atoms with E-state index in [2.05, 4.69) is 193 Å². The van der Waals surface area contributed by atoms with Crippen molar-refractivity contribution in [1.82, 2.24) is 19.5 Å². The maximum atomic E-state index is 5.28. The predicted octanol–water partition coefficient (Wildman–Crippen LogP) is 13.7. The molecule has 11 rings (SSSR count). The average Bonchev–Trinajstić information content (AvgIpc) is 3.82. The van der Waals surface area contributed by atoms with Gasteiger partial charge in [0.15, 0.2) is 17.5 Å². The van der Waals surface area contributed by atoms with E-state index in [-0.39, 0.29) is 0 Å². The molecule has 0 aliphatic heterocycles. The smallest absolute Gasteiger partial charge is 0.164 e. The minimum atomic E-state index is 0.619. The van der Waals surface area contributed by atoms with Gasteiger partial charge in [0.2, 0.25) is 0 Å². The van der Waals surface area contributed by atoms with Crippen LogP contribution in [0.1, 0.15) is 0 Å². The highest BCUT2D eigenvalue weighted by molar-refractivity contribution is 7.25. The van der Waals surface area contributed by atoms with Crippen molar-refractivity contribution in [3.63, 3.8) is 0 Å². The van der Waals surface area contributed by atoms with Crippen molar-refractivity contribution in [2.24, 2.45) is 0 Å². The van der Waals surface area contributed by atoms with Crippen molar-refractivity contribution in [2.45, 2.75) is 0 Å². The van der Waals surface area contributed by atoms with Gasteiger partial charge in [0, 0.05) is 53.3 Å². The summed E-state index contributed by atoms with van der Waals surface area (Å²) in [6.07, 6.45) is 0. The molecule has 3 aromatic heterocycles. The van der Waals surface area contributed by atoms with E-state index in [9.17, 15) is 0 Å². The fraction of sp³-hybridized carbons (Fsp3) is 0. The van der Waals surface area contributed by atoms with Crippen LogP contribution in [0.3, 0.4) is 0 Å². The molecule has 0 spiro atoms. The van der Waals surface area contributed by atoms with Crippen molar-refractivity contribution in [1.29, 1.82) is 0 Å². The topological polar surface area (TPSA) is 43.6 Å². The first-order valence-corrected chi connectivity index (χ1v) is 19.6. The minimum Gasteiger partial charge on any atom is -0.309 e. The van der Waals surface area contributed by atoms with E-state index in [1.165, 1.54) is 36.5 Å². The molecule has 56 heavy (non-hydrogen) atoms. The Kier molecular flexibility index (Phi) is 7.64. The maximum Gasteiger partial charge on any atom is 0.164 e. The molecule has 0 aliphatic carbocycles. The van der Waals surface area contributed by atoms with E-state index in [0.717, 1.165) is 50.1 Å². The highest BCUT2D eigenvalue weighted by Gasteiger charge is 2.18. The third kappa shape index (κ3) is 5.56. The molecule has 0 fully saturated rings. The number of nitrogens with zero attached hydrogens (tertiary/aromatic N) is 4. The molecule has 0 saturated heterocycles. The number of aromatic nitrogens is 4. The highest BCUT2D eigenvalue weighted by Crippen LogP contribution is 2.38. The molecule has 0 unspecified atom stereocenters. The maximum absolute atomic E-state index is 5.28. The van der Waals surface area contributed by atoms with Crippen LogP contribution in [0.25, 0.3) is 104 Å². The number of hydrogen-bond donors (Lipinski definition) is 0. The fourth-order valence-corrected chi connectivity index (χ4v) is 9.08. The van der Waals surface area contributed by atoms with Crippen LogP contribution in [0.2, 0.25) is 0 Å². The van der Waals surface area contributed by atoms with Gasteiger partial charge in [-0.25, -0.2) is 15.0 Å². The van der Waals surface area contributed by atoms with Gasteiger partial charge in [-0.15, -0.1) is 11.3 Å². The number of thiophene rings is 1. The zero-order valence-electron chi connectivity index (χ0n) is 30.2. The first-order valence-electron chi connectivity index (χ1n) is 18.8. The van der Waals surface area contributed by atoms with Gasteiger partial charge >= 0.3 is 0 Å². The van der Waals surface area contributed by atoms with Gasteiger partial charge in [-0.1, -0.05) is 152 Å². The summed E-state index contributed by atoms with van der Waals surface area (Å²) in [4.78, 5) is 15.7. The summed E-state index contributed by atoms with van der Waals surface area (Å²) in [7, 11) is 0. The Morgan fingerprint density at radius 3 is 1.45 bits per heavy atom. The van der Waals surface area contributed by atoms with Crippen LogP contribution in [0.4, 0.5) is 0 Å². The Bertz CT molecular complexity index is 3180. The Balaban J connectivity index is 1.14. The Morgan fingerprint density at radius 1 is 0.304 bits per heavy atom. The molecule has 4 nitrogen and oxygen atoms in total. The summed E-state index contributed by atoms with van der Waals surface area (Å²) >= 11 is 1.80. The lowest BCUT2D eigenvalue weighted by Crippen LogP contribution is -2.02. The van der Waals surface area contributed by atoms with Gasteiger partial charge in [0.05, 0.1) is 11.0 Å². The number of para-hydroxylation sites is 2. The normalized spacial score (nSPS) is 11.6. The lowest BCUT2D eigenvalue weighted by molar-refractivity contribution is 1.07. The molecule has 0 bridgehead atoms. The van der Waals surface area contributed by atoms with Crippen molar-refractivity contribution in [3.05, 3.63) is 194 Å². The summed E-state index contributed by atoms with van der Waals surface area (Å²) in [6, 6.07) is 68.7. The second-order valence-electron chi connectivity index (χ2n) is 14.1. The summed E-state index contributed by atoms with van der Waals surface area (Å²) in [6.45, 7) is 0. The van der Waals surface area contributed by atoms with E-state index in [1.807, 2.05) is 6.07 Å². The fourth-order valence-electron chi connectivity index (χ4n) is 7.94. The van der Waals surface area contributed by atoms with Gasteiger partial charge in [-0.05, 0) is 64.7 Å². The quantitative estimate of drug-likeness (QED) is 0.171. The molecule has 262 valence electrons. The second kappa shape index (κ2) is 13.3. The van der Waals surface area contributed by atoms with Gasteiger partial charge < -0.3 is 4.57 Å². The van der Waals surface area contributed by atoms with Crippen molar-refractivity contribution >= 4 is 53.3 Å². The molecule has 0 atom stereocenters. The standard InChI is InChI=1S/C51H32N4S/c1-3-13-33(14-4-1)35-23-25-36(26-24-35)49-52-50(37-27-28-44-43-19-9-12-22-47(43)56-48(44)32-37)54-51(53-49)39-29-38(34-15-5-2-6-16-34)30-40(31-39)55-45-20-10-7-17-41(45)42-18-8-11-21-46(42)55/h1-32H. The highest BCUT2D eigenvalue weighted by atomic mass is 32.1. The van der Waals surface area contributed by atoms with Crippen molar-refractivity contribution < 1.29 is 0 Å². The summed E-state index contributed by atoms with van der Waals surface area (Å²) in [5, 5.41) is 4.95. The third-order valence-electron chi connectivity index (χ3n) is 10.6. The van der Waals surface area contributed by atoms with Crippen LogP contribution in [0.15, 0.2) is 194 Å². The molecule has 0 aliphatic rings. The van der Waals surface area contributed by atoms with E-state index >= 15 is 0 Å². The second-order valence-corrected chi connectivity index (χ2v) is 15.1. The molecule has 0 radical (unpaired) electrons. The van der Waals surface area contributed by atoms with Crippen molar-refractivity contribution in [3.8, 4) is 62.1 Å². The van der Waals surface area contributed by atoms with Gasteiger partial charge in [-0.3, -0.25) is 0 Å². The first-order chi connectivity index (χ1) is 27.7. The van der Waals surface area contributed by atoms with Gasteiger partial charge in [0.1, 0.15) is 0 Å². The molecule has 8 aromatic carbocycles. The molecule has 0 saturated carbocycles. The molecule has 0 amide bonds.